The number of amides is 4. The number of hydrogen-bond acceptors (Lipinski definition) is 9. The lowest BCUT2D eigenvalue weighted by molar-refractivity contribution is -0.136. The van der Waals surface area contributed by atoms with Crippen LogP contribution in [0.4, 0.5) is 9.59 Å². The maximum atomic E-state index is 13.6. The number of furan rings is 1. The summed E-state index contributed by atoms with van der Waals surface area (Å²) in [5.74, 6) is 0.822. The van der Waals surface area contributed by atoms with Crippen molar-refractivity contribution in [1.29, 1.82) is 0 Å². The van der Waals surface area contributed by atoms with Gasteiger partial charge in [-0.25, -0.2) is 19.6 Å². The van der Waals surface area contributed by atoms with Gasteiger partial charge in [-0.1, -0.05) is 52.0 Å². The number of carbonyl (C=O) groups excluding carboxylic acids is 4. The molecule has 2 aliphatic rings. The number of aromatic amines is 3. The van der Waals surface area contributed by atoms with Crippen molar-refractivity contribution in [1.82, 2.24) is 45.4 Å². The summed E-state index contributed by atoms with van der Waals surface area (Å²) in [6.07, 6.45) is 9.05. The third kappa shape index (κ3) is 7.34. The number of hydrogen-bond donors (Lipinski definition) is 5. The number of alkyl carbamates (subject to hydrolysis) is 2. The minimum atomic E-state index is -0.712. The molecule has 2 fully saturated rings. The number of benzene rings is 1. The normalized spacial score (nSPS) is 18.1. The molecule has 0 saturated carbocycles. The summed E-state index contributed by atoms with van der Waals surface area (Å²) < 4.78 is 15.6. The predicted molar refractivity (Wildman–Crippen MR) is 207 cm³/mol. The second-order valence-electron chi connectivity index (χ2n) is 15.1. The Labute approximate surface area is 324 Å². The van der Waals surface area contributed by atoms with Crippen LogP contribution in [0, 0.1) is 11.8 Å². The number of likely N-dealkylation sites (tertiary alicyclic amines) is 2. The van der Waals surface area contributed by atoms with E-state index in [0.717, 1.165) is 64.8 Å². The molecule has 2 saturated heterocycles. The van der Waals surface area contributed by atoms with Crippen molar-refractivity contribution >= 4 is 35.1 Å². The average Bonchev–Trinajstić information content (AvgIpc) is 4.04. The molecule has 0 spiro atoms. The lowest BCUT2D eigenvalue weighted by Crippen LogP contribution is -2.51. The minimum absolute atomic E-state index is 0.115. The average molecular weight is 768 g/mol. The molecule has 16 heteroatoms. The van der Waals surface area contributed by atoms with Crippen LogP contribution < -0.4 is 10.6 Å². The Bertz CT molecular complexity index is 2200. The molecule has 0 bridgehead atoms. The largest absolute Gasteiger partial charge is 0.461 e. The molecule has 2 aliphatic heterocycles. The minimum Gasteiger partial charge on any atom is -0.461 e. The van der Waals surface area contributed by atoms with E-state index in [4.69, 9.17) is 13.9 Å². The molecule has 16 nitrogen and oxygen atoms in total. The molecule has 6 heterocycles. The van der Waals surface area contributed by atoms with Crippen molar-refractivity contribution in [2.75, 3.05) is 27.3 Å². The molecule has 7 rings (SSSR count). The summed E-state index contributed by atoms with van der Waals surface area (Å²) >= 11 is 0. The van der Waals surface area contributed by atoms with Crippen LogP contribution in [0.5, 0.6) is 0 Å². The molecule has 296 valence electrons. The number of nitrogens with one attached hydrogen (secondary N) is 5. The lowest BCUT2D eigenvalue weighted by atomic mass is 10.0. The van der Waals surface area contributed by atoms with Crippen molar-refractivity contribution in [2.24, 2.45) is 11.8 Å². The fourth-order valence-corrected chi connectivity index (χ4v) is 7.83. The Kier molecular flexibility index (Phi) is 10.9. The van der Waals surface area contributed by atoms with Crippen LogP contribution in [-0.2, 0) is 19.1 Å². The van der Waals surface area contributed by atoms with Gasteiger partial charge in [-0.15, -0.1) is 0 Å². The Morgan fingerprint density at radius 1 is 0.750 bits per heavy atom. The quantitative estimate of drug-likeness (QED) is 0.102. The van der Waals surface area contributed by atoms with Crippen LogP contribution in [0.25, 0.3) is 44.7 Å². The van der Waals surface area contributed by atoms with E-state index in [2.05, 4.69) is 35.6 Å². The molecular formula is C40H49N9O7. The smallest absolute Gasteiger partial charge is 0.407 e. The van der Waals surface area contributed by atoms with Crippen LogP contribution in [-0.4, -0.2) is 98.1 Å². The number of methoxy groups -OCH3 is 2. The maximum Gasteiger partial charge on any atom is 0.407 e. The Morgan fingerprint density at radius 3 is 1.77 bits per heavy atom. The number of rotatable bonds is 11. The number of ether oxygens (including phenoxy) is 2. The second kappa shape index (κ2) is 16.0. The van der Waals surface area contributed by atoms with Crippen LogP contribution in [0.1, 0.15) is 77.1 Å². The van der Waals surface area contributed by atoms with E-state index in [1.54, 1.807) is 28.5 Å². The van der Waals surface area contributed by atoms with Gasteiger partial charge in [-0.2, -0.15) is 0 Å². The first-order valence-electron chi connectivity index (χ1n) is 19.1. The van der Waals surface area contributed by atoms with Crippen LogP contribution in [0.3, 0.4) is 0 Å². The van der Waals surface area contributed by atoms with Crippen molar-refractivity contribution in [2.45, 2.75) is 77.5 Å². The number of nitrogens with zero attached hydrogens (tertiary/aromatic N) is 4. The summed E-state index contributed by atoms with van der Waals surface area (Å²) in [6, 6.07) is 6.19. The van der Waals surface area contributed by atoms with Gasteiger partial charge in [0.1, 0.15) is 30.0 Å². The third-order valence-electron chi connectivity index (χ3n) is 10.9. The fraction of sp³-hybridized carbons (Fsp3) is 0.450. The molecule has 56 heavy (non-hydrogen) atoms. The van der Waals surface area contributed by atoms with Crippen LogP contribution in [0.15, 0.2) is 53.5 Å². The van der Waals surface area contributed by atoms with E-state index in [1.807, 2.05) is 58.2 Å². The van der Waals surface area contributed by atoms with Gasteiger partial charge in [0.05, 0.1) is 61.2 Å². The van der Waals surface area contributed by atoms with Gasteiger partial charge < -0.3 is 49.3 Å². The molecule has 2 unspecified atom stereocenters. The first-order chi connectivity index (χ1) is 27.0. The molecule has 0 radical (unpaired) electrons. The number of carbonyl (C=O) groups is 4. The van der Waals surface area contributed by atoms with Gasteiger partial charge in [0, 0.05) is 24.8 Å². The number of H-pyrrole nitrogens is 3. The molecule has 1 aromatic carbocycles. The highest BCUT2D eigenvalue weighted by Crippen LogP contribution is 2.39. The molecule has 4 atom stereocenters. The van der Waals surface area contributed by atoms with E-state index < -0.39 is 24.3 Å². The van der Waals surface area contributed by atoms with E-state index in [1.165, 1.54) is 14.2 Å². The van der Waals surface area contributed by atoms with E-state index >= 15 is 0 Å². The predicted octanol–water partition coefficient (Wildman–Crippen LogP) is 6.30. The summed E-state index contributed by atoms with van der Waals surface area (Å²) in [5.41, 5.74) is 6.71. The summed E-state index contributed by atoms with van der Waals surface area (Å²) in [7, 11) is 2.57. The molecule has 0 aliphatic carbocycles. The zero-order valence-corrected chi connectivity index (χ0v) is 32.5. The van der Waals surface area contributed by atoms with Gasteiger partial charge in [0.25, 0.3) is 0 Å². The van der Waals surface area contributed by atoms with Gasteiger partial charge in [0.15, 0.2) is 5.58 Å². The van der Waals surface area contributed by atoms with Gasteiger partial charge in [-0.05, 0) is 48.6 Å². The molecular weight excluding hydrogens is 718 g/mol. The zero-order valence-electron chi connectivity index (χ0n) is 32.5. The van der Waals surface area contributed by atoms with Gasteiger partial charge >= 0.3 is 12.2 Å². The molecule has 4 amide bonds. The zero-order chi connectivity index (χ0) is 39.7. The van der Waals surface area contributed by atoms with Crippen molar-refractivity contribution < 1.29 is 33.1 Å². The highest BCUT2D eigenvalue weighted by Gasteiger charge is 2.39. The highest BCUT2D eigenvalue weighted by molar-refractivity contribution is 5.99. The van der Waals surface area contributed by atoms with Crippen molar-refractivity contribution in [3.8, 4) is 33.6 Å². The highest BCUT2D eigenvalue weighted by atomic mass is 16.5. The maximum absolute atomic E-state index is 13.6. The van der Waals surface area contributed by atoms with Crippen LogP contribution >= 0.6 is 0 Å². The fourth-order valence-electron chi connectivity index (χ4n) is 7.83. The Hall–Kier alpha value is -6.06. The summed E-state index contributed by atoms with van der Waals surface area (Å²) in [6.45, 7) is 8.72. The third-order valence-corrected chi connectivity index (χ3v) is 10.9. The number of fused-ring (bicyclic) bond motifs is 1. The first kappa shape index (κ1) is 38.2. The summed E-state index contributed by atoms with van der Waals surface area (Å²) in [4.78, 5) is 74.3. The summed E-state index contributed by atoms with van der Waals surface area (Å²) in [5, 5.41) is 5.38. The second-order valence-corrected chi connectivity index (χ2v) is 15.1. The van der Waals surface area contributed by atoms with E-state index in [9.17, 15) is 19.2 Å². The molecule has 5 N–H and O–H groups in total. The topological polar surface area (TPSA) is 204 Å². The van der Waals surface area contributed by atoms with Crippen molar-refractivity contribution in [3.05, 3.63) is 60.8 Å². The monoisotopic (exact) mass is 767 g/mol. The number of aromatic nitrogens is 5. The van der Waals surface area contributed by atoms with Crippen LogP contribution in [0.2, 0.25) is 0 Å². The Morgan fingerprint density at radius 2 is 1.25 bits per heavy atom. The lowest BCUT2D eigenvalue weighted by Gasteiger charge is -2.30. The molecule has 5 aromatic rings. The first-order valence-corrected chi connectivity index (χ1v) is 19.1. The van der Waals surface area contributed by atoms with E-state index in [0.29, 0.717) is 30.3 Å². The molecule has 4 aromatic heterocycles. The van der Waals surface area contributed by atoms with Gasteiger partial charge in [-0.3, -0.25) is 9.59 Å². The van der Waals surface area contributed by atoms with Gasteiger partial charge in [0.2, 0.25) is 11.8 Å². The van der Waals surface area contributed by atoms with E-state index in [-0.39, 0.29) is 35.7 Å². The number of imidazole rings is 2. The Balaban J connectivity index is 1.05. The standard InChI is InChI=1S/C40H49N9O7/c1-21(2)31(46-39(52)54-5)37(50)48-15-7-9-29(48)35-42-18-27(44-35)24-13-11-23(12-14-24)25-17-41-33-26(20-56-34(25)33)28-19-43-36(45-28)30-10-8-16-49(30)38(51)32(22(3)4)47-40(53)55-6/h11-14,17-22,29-32,41H,7-10,15-16H2,1-6H3,(H,42,44)(H,43,45)(H,46,52)(H,47,53)/t29?,30?,31-,32-/m0/s1. The van der Waals surface area contributed by atoms with Crippen molar-refractivity contribution in [3.63, 3.8) is 0 Å². The SMILES string of the molecule is COC(=O)N[C@H](C(=O)N1CCCC1c1ncc(-c2ccc(-c3c[nH]c4c(-c5cnc(C6CCCN6C(=O)[C@@H](NC(=O)OC)C(C)C)[nH]5)coc34)cc2)[nH]1)C(C)C.